The van der Waals surface area contributed by atoms with Crippen LogP contribution >= 0.6 is 0 Å². The van der Waals surface area contributed by atoms with Crippen LogP contribution in [-0.4, -0.2) is 22.5 Å². The molecule has 0 atom stereocenters. The van der Waals surface area contributed by atoms with Gasteiger partial charge in [-0.05, 0) is 36.8 Å². The van der Waals surface area contributed by atoms with Crippen LogP contribution in [0.25, 0.3) is 11.0 Å². The first-order valence-electron chi connectivity index (χ1n) is 8.60. The molecule has 2 N–H and O–H groups in total. The number of para-hydroxylation sites is 1. The van der Waals surface area contributed by atoms with Crippen molar-refractivity contribution >= 4 is 22.6 Å². The molecule has 6 heteroatoms. The molecule has 1 aromatic heterocycles. The molecular weight excluding hydrogens is 328 g/mol. The quantitative estimate of drug-likeness (QED) is 0.679. The first kappa shape index (κ1) is 17.5. The maximum atomic E-state index is 12.1. The number of fused-ring (bicyclic) bond motifs is 1. The molecule has 0 aliphatic carbocycles. The Kier molecular flexibility index (Phi) is 5.49. The van der Waals surface area contributed by atoms with Gasteiger partial charge in [0.2, 0.25) is 0 Å². The second-order valence-corrected chi connectivity index (χ2v) is 5.96. The highest BCUT2D eigenvalue weighted by molar-refractivity contribution is 5.94. The zero-order chi connectivity index (χ0) is 18.4. The van der Waals surface area contributed by atoms with Gasteiger partial charge in [0, 0.05) is 12.1 Å². The molecule has 0 aliphatic heterocycles. The SMILES string of the molecule is CCCCc1nc2ccc(NC(=O)COc3ccccc3C#N)cc2[nH]1. The average molecular weight is 348 g/mol. The van der Waals surface area contributed by atoms with Crippen molar-refractivity contribution in [2.45, 2.75) is 26.2 Å². The van der Waals surface area contributed by atoms with Gasteiger partial charge in [0.05, 0.1) is 16.6 Å². The van der Waals surface area contributed by atoms with E-state index in [1.807, 2.05) is 24.3 Å². The summed E-state index contributed by atoms with van der Waals surface area (Å²) in [6, 6.07) is 14.4. The number of imidazole rings is 1. The Labute approximate surface area is 151 Å². The first-order valence-corrected chi connectivity index (χ1v) is 8.60. The van der Waals surface area contributed by atoms with E-state index in [4.69, 9.17) is 10.00 Å². The maximum absolute atomic E-state index is 12.1. The highest BCUT2D eigenvalue weighted by Gasteiger charge is 2.08. The number of aromatic amines is 1. The number of carbonyl (C=O) groups excluding carboxylic acids is 1. The lowest BCUT2D eigenvalue weighted by atomic mass is 10.2. The van der Waals surface area contributed by atoms with Gasteiger partial charge in [-0.2, -0.15) is 5.26 Å². The van der Waals surface area contributed by atoms with E-state index in [9.17, 15) is 4.79 Å². The van der Waals surface area contributed by atoms with Crippen molar-refractivity contribution in [3.8, 4) is 11.8 Å². The number of aromatic nitrogens is 2. The minimum Gasteiger partial charge on any atom is -0.482 e. The molecule has 2 aromatic carbocycles. The van der Waals surface area contributed by atoms with E-state index < -0.39 is 0 Å². The molecule has 0 aliphatic rings. The molecule has 1 amide bonds. The van der Waals surface area contributed by atoms with E-state index >= 15 is 0 Å². The number of aryl methyl sites for hydroxylation is 1. The molecule has 0 bridgehead atoms. The summed E-state index contributed by atoms with van der Waals surface area (Å²) in [6.07, 6.45) is 3.12. The third kappa shape index (κ3) is 4.19. The number of carbonyl (C=O) groups is 1. The molecule has 6 nitrogen and oxygen atoms in total. The van der Waals surface area contributed by atoms with Crippen molar-refractivity contribution in [3.05, 3.63) is 53.9 Å². The molecule has 0 radical (unpaired) electrons. The summed E-state index contributed by atoms with van der Waals surface area (Å²) < 4.78 is 5.44. The molecule has 0 spiro atoms. The number of hydrogen-bond acceptors (Lipinski definition) is 4. The molecule has 132 valence electrons. The third-order valence-corrected chi connectivity index (χ3v) is 3.95. The van der Waals surface area contributed by atoms with Gasteiger partial charge in [0.15, 0.2) is 6.61 Å². The number of rotatable bonds is 7. The Balaban J connectivity index is 1.62. The van der Waals surface area contributed by atoms with Crippen molar-refractivity contribution in [3.63, 3.8) is 0 Å². The van der Waals surface area contributed by atoms with Crippen LogP contribution in [-0.2, 0) is 11.2 Å². The predicted molar refractivity (Wildman–Crippen MR) is 100.0 cm³/mol. The highest BCUT2D eigenvalue weighted by Crippen LogP contribution is 2.19. The van der Waals surface area contributed by atoms with Gasteiger partial charge in [-0.3, -0.25) is 4.79 Å². The molecule has 3 aromatic rings. The van der Waals surface area contributed by atoms with Crippen molar-refractivity contribution in [2.75, 3.05) is 11.9 Å². The number of amides is 1. The van der Waals surface area contributed by atoms with E-state index in [2.05, 4.69) is 22.2 Å². The lowest BCUT2D eigenvalue weighted by Crippen LogP contribution is -2.20. The Morgan fingerprint density at radius 3 is 2.96 bits per heavy atom. The number of hydrogen-bond donors (Lipinski definition) is 2. The summed E-state index contributed by atoms with van der Waals surface area (Å²) >= 11 is 0. The summed E-state index contributed by atoms with van der Waals surface area (Å²) in [5, 5.41) is 11.8. The van der Waals surface area contributed by atoms with E-state index in [0.717, 1.165) is 36.1 Å². The molecule has 0 saturated carbocycles. The van der Waals surface area contributed by atoms with E-state index in [-0.39, 0.29) is 12.5 Å². The number of unbranched alkanes of at least 4 members (excludes halogenated alkanes) is 1. The van der Waals surface area contributed by atoms with Crippen LogP contribution in [0.15, 0.2) is 42.5 Å². The number of nitrogens with one attached hydrogen (secondary N) is 2. The molecule has 26 heavy (non-hydrogen) atoms. The average Bonchev–Trinajstić information content (AvgIpc) is 3.07. The second kappa shape index (κ2) is 8.17. The summed E-state index contributed by atoms with van der Waals surface area (Å²) in [6.45, 7) is 1.98. The molecule has 0 unspecified atom stereocenters. The monoisotopic (exact) mass is 348 g/mol. The van der Waals surface area contributed by atoms with Crippen molar-refractivity contribution in [1.82, 2.24) is 9.97 Å². The zero-order valence-electron chi connectivity index (χ0n) is 14.6. The summed E-state index contributed by atoms with van der Waals surface area (Å²) in [5.74, 6) is 1.07. The van der Waals surface area contributed by atoms with Crippen molar-refractivity contribution in [2.24, 2.45) is 0 Å². The zero-order valence-corrected chi connectivity index (χ0v) is 14.6. The van der Waals surface area contributed by atoms with Gasteiger partial charge in [0.1, 0.15) is 17.6 Å². The third-order valence-electron chi connectivity index (χ3n) is 3.95. The lowest BCUT2D eigenvalue weighted by molar-refractivity contribution is -0.118. The molecule has 0 fully saturated rings. The highest BCUT2D eigenvalue weighted by atomic mass is 16.5. The molecule has 0 saturated heterocycles. The Morgan fingerprint density at radius 2 is 2.15 bits per heavy atom. The minimum atomic E-state index is -0.289. The van der Waals surface area contributed by atoms with Gasteiger partial charge in [-0.1, -0.05) is 25.5 Å². The van der Waals surface area contributed by atoms with Crippen molar-refractivity contribution < 1.29 is 9.53 Å². The van der Waals surface area contributed by atoms with E-state index in [1.165, 1.54) is 0 Å². The maximum Gasteiger partial charge on any atom is 0.262 e. The van der Waals surface area contributed by atoms with Crippen LogP contribution in [0.3, 0.4) is 0 Å². The van der Waals surface area contributed by atoms with Crippen LogP contribution in [0.1, 0.15) is 31.2 Å². The summed E-state index contributed by atoms with van der Waals surface area (Å²) in [5.41, 5.74) is 2.85. The van der Waals surface area contributed by atoms with Crippen LogP contribution < -0.4 is 10.1 Å². The number of anilines is 1. The fourth-order valence-corrected chi connectivity index (χ4v) is 2.63. The lowest BCUT2D eigenvalue weighted by Gasteiger charge is -2.08. The number of nitriles is 1. The van der Waals surface area contributed by atoms with Crippen LogP contribution in [0.4, 0.5) is 5.69 Å². The summed E-state index contributed by atoms with van der Waals surface area (Å²) in [7, 11) is 0. The predicted octanol–water partition coefficient (Wildman–Crippen LogP) is 3.79. The number of nitrogens with zero attached hydrogens (tertiary/aromatic N) is 2. The first-order chi connectivity index (χ1) is 12.7. The smallest absolute Gasteiger partial charge is 0.262 e. The number of benzene rings is 2. The van der Waals surface area contributed by atoms with E-state index in [0.29, 0.717) is 17.0 Å². The number of H-pyrrole nitrogens is 1. The Morgan fingerprint density at radius 1 is 1.31 bits per heavy atom. The fraction of sp³-hybridized carbons (Fsp3) is 0.250. The second-order valence-electron chi connectivity index (χ2n) is 5.96. The molecule has 3 rings (SSSR count). The Hall–Kier alpha value is -3.33. The van der Waals surface area contributed by atoms with Crippen LogP contribution in [0.5, 0.6) is 5.75 Å². The minimum absolute atomic E-state index is 0.165. The van der Waals surface area contributed by atoms with Gasteiger partial charge >= 0.3 is 0 Å². The van der Waals surface area contributed by atoms with E-state index in [1.54, 1.807) is 24.3 Å². The van der Waals surface area contributed by atoms with Crippen LogP contribution in [0, 0.1) is 11.3 Å². The van der Waals surface area contributed by atoms with Crippen LogP contribution in [0.2, 0.25) is 0 Å². The topological polar surface area (TPSA) is 90.8 Å². The van der Waals surface area contributed by atoms with Crippen molar-refractivity contribution in [1.29, 1.82) is 5.26 Å². The van der Waals surface area contributed by atoms with Gasteiger partial charge < -0.3 is 15.0 Å². The largest absolute Gasteiger partial charge is 0.482 e. The van der Waals surface area contributed by atoms with Gasteiger partial charge in [-0.25, -0.2) is 4.98 Å². The molecule has 1 heterocycles. The number of ether oxygens (including phenoxy) is 1. The normalized spacial score (nSPS) is 10.5. The standard InChI is InChI=1S/C20H20N4O2/c1-2-3-8-19-23-16-10-9-15(11-17(16)24-19)22-20(25)13-26-18-7-5-4-6-14(18)12-21/h4-7,9-11H,2-3,8,13H2,1H3,(H,22,25)(H,23,24). The van der Waals surface area contributed by atoms with Gasteiger partial charge in [0.25, 0.3) is 5.91 Å². The molecular formula is C20H20N4O2. The van der Waals surface area contributed by atoms with Gasteiger partial charge in [-0.15, -0.1) is 0 Å². The summed E-state index contributed by atoms with van der Waals surface area (Å²) in [4.78, 5) is 20.0. The Bertz CT molecular complexity index is 956. The fourth-order valence-electron chi connectivity index (χ4n) is 2.63.